The van der Waals surface area contributed by atoms with Crippen LogP contribution in [0.15, 0.2) is 36.1 Å². The van der Waals surface area contributed by atoms with Gasteiger partial charge in [-0.15, -0.1) is 0 Å². The van der Waals surface area contributed by atoms with E-state index in [1.54, 1.807) is 6.08 Å². The first-order chi connectivity index (χ1) is 6.05. The Hall–Kier alpha value is -0.980. The predicted molar refractivity (Wildman–Crippen MR) is 56.4 cm³/mol. The Morgan fingerprint density at radius 3 is 2.69 bits per heavy atom. The molecule has 0 N–H and O–H groups in total. The topological polar surface area (TPSA) is 9.23 Å². The molecule has 1 heteroatoms. The average molecular weight is 178 g/mol. The van der Waals surface area contributed by atoms with Gasteiger partial charge in [-0.25, -0.2) is 0 Å². The van der Waals surface area contributed by atoms with E-state index in [0.717, 1.165) is 18.8 Å². The number of hydrogen-bond donors (Lipinski definition) is 0. The molecule has 0 atom stereocenters. The summed E-state index contributed by atoms with van der Waals surface area (Å²) in [4.78, 5) is 0. The van der Waals surface area contributed by atoms with Crippen LogP contribution in [0.5, 0.6) is 0 Å². The second-order valence-electron chi connectivity index (χ2n) is 4.37. The first-order valence-electron chi connectivity index (χ1n) is 4.67. The molecule has 0 fully saturated rings. The van der Waals surface area contributed by atoms with Crippen LogP contribution in [0.1, 0.15) is 27.2 Å². The van der Waals surface area contributed by atoms with Crippen LogP contribution in [0.4, 0.5) is 0 Å². The molecule has 0 aromatic heterocycles. The molecule has 1 aliphatic rings. The summed E-state index contributed by atoms with van der Waals surface area (Å²) in [5.41, 5.74) is 1.62. The maximum atomic E-state index is 5.65. The van der Waals surface area contributed by atoms with E-state index < -0.39 is 0 Å². The Bertz CT molecular complexity index is 256. The summed E-state index contributed by atoms with van der Waals surface area (Å²) < 4.78 is 5.65. The highest BCUT2D eigenvalue weighted by atomic mass is 16.5. The van der Waals surface area contributed by atoms with Crippen LogP contribution in [-0.4, -0.2) is 6.61 Å². The van der Waals surface area contributed by atoms with Gasteiger partial charge in [-0.2, -0.15) is 0 Å². The van der Waals surface area contributed by atoms with E-state index in [1.165, 1.54) is 5.57 Å². The van der Waals surface area contributed by atoms with Gasteiger partial charge in [0.25, 0.3) is 0 Å². The van der Waals surface area contributed by atoms with Crippen molar-refractivity contribution in [3.05, 3.63) is 36.1 Å². The molecule has 0 aromatic rings. The van der Waals surface area contributed by atoms with Gasteiger partial charge in [0, 0.05) is 5.41 Å². The molecular weight excluding hydrogens is 160 g/mol. The zero-order chi connectivity index (χ0) is 9.90. The van der Waals surface area contributed by atoms with Crippen LogP contribution in [0.3, 0.4) is 0 Å². The van der Waals surface area contributed by atoms with Crippen LogP contribution >= 0.6 is 0 Å². The molecule has 0 saturated carbocycles. The van der Waals surface area contributed by atoms with Crippen molar-refractivity contribution in [2.75, 3.05) is 6.61 Å². The van der Waals surface area contributed by atoms with Crippen molar-refractivity contribution in [2.24, 2.45) is 5.41 Å². The van der Waals surface area contributed by atoms with Gasteiger partial charge in [0.1, 0.15) is 5.76 Å². The zero-order valence-corrected chi connectivity index (χ0v) is 8.76. The van der Waals surface area contributed by atoms with Crippen LogP contribution in [0, 0.1) is 5.41 Å². The summed E-state index contributed by atoms with van der Waals surface area (Å²) >= 11 is 0. The molecule has 1 nitrogen and oxygen atoms in total. The van der Waals surface area contributed by atoms with E-state index in [9.17, 15) is 0 Å². The molecule has 0 bridgehead atoms. The van der Waals surface area contributed by atoms with E-state index in [2.05, 4.69) is 27.4 Å². The SMILES string of the molecule is C=C/C=C\C1=C(C)CC(C)(C)CO1. The molecule has 1 aliphatic heterocycles. The van der Waals surface area contributed by atoms with Crippen molar-refractivity contribution in [2.45, 2.75) is 27.2 Å². The van der Waals surface area contributed by atoms with E-state index in [0.29, 0.717) is 0 Å². The molecule has 1 rings (SSSR count). The highest BCUT2D eigenvalue weighted by Gasteiger charge is 2.25. The van der Waals surface area contributed by atoms with Gasteiger partial charge in [0.2, 0.25) is 0 Å². The van der Waals surface area contributed by atoms with Crippen LogP contribution in [0.2, 0.25) is 0 Å². The van der Waals surface area contributed by atoms with Crippen molar-refractivity contribution in [3.63, 3.8) is 0 Å². The van der Waals surface area contributed by atoms with Crippen molar-refractivity contribution in [1.82, 2.24) is 0 Å². The Morgan fingerprint density at radius 1 is 1.46 bits per heavy atom. The van der Waals surface area contributed by atoms with Crippen molar-refractivity contribution in [3.8, 4) is 0 Å². The van der Waals surface area contributed by atoms with Gasteiger partial charge in [0.15, 0.2) is 0 Å². The number of hydrogen-bond acceptors (Lipinski definition) is 1. The molecule has 0 saturated heterocycles. The first kappa shape index (κ1) is 10.1. The standard InChI is InChI=1S/C12H18O/c1-5-6-7-11-10(2)8-12(3,4)9-13-11/h5-7H,1,8-9H2,2-4H3/b7-6-. The van der Waals surface area contributed by atoms with Crippen molar-refractivity contribution in [1.29, 1.82) is 0 Å². The second kappa shape index (κ2) is 3.82. The van der Waals surface area contributed by atoms with Crippen LogP contribution in [-0.2, 0) is 4.74 Å². The van der Waals surface area contributed by atoms with E-state index in [1.807, 2.05) is 12.2 Å². The lowest BCUT2D eigenvalue weighted by Crippen LogP contribution is -2.24. The third kappa shape index (κ3) is 2.76. The summed E-state index contributed by atoms with van der Waals surface area (Å²) in [6.07, 6.45) is 6.78. The summed E-state index contributed by atoms with van der Waals surface area (Å²) in [5, 5.41) is 0. The molecule has 0 aliphatic carbocycles. The third-order valence-electron chi connectivity index (χ3n) is 2.17. The maximum Gasteiger partial charge on any atom is 0.118 e. The van der Waals surface area contributed by atoms with Gasteiger partial charge in [-0.3, -0.25) is 0 Å². The highest BCUT2D eigenvalue weighted by molar-refractivity contribution is 5.24. The summed E-state index contributed by atoms with van der Waals surface area (Å²) in [7, 11) is 0. The molecule has 0 unspecified atom stereocenters. The minimum atomic E-state index is 0.287. The minimum absolute atomic E-state index is 0.287. The Kier molecular flexibility index (Phi) is 2.97. The van der Waals surface area contributed by atoms with Crippen molar-refractivity contribution >= 4 is 0 Å². The largest absolute Gasteiger partial charge is 0.493 e. The van der Waals surface area contributed by atoms with Gasteiger partial charge in [-0.1, -0.05) is 32.6 Å². The number of ether oxygens (including phenoxy) is 1. The van der Waals surface area contributed by atoms with Gasteiger partial charge in [0.05, 0.1) is 6.61 Å². The lowest BCUT2D eigenvalue weighted by Gasteiger charge is -2.31. The maximum absolute atomic E-state index is 5.65. The molecule has 1 heterocycles. The fraction of sp³-hybridized carbons (Fsp3) is 0.500. The predicted octanol–water partition coefficient (Wildman–Crippen LogP) is 3.45. The first-order valence-corrected chi connectivity index (χ1v) is 4.67. The molecule has 0 radical (unpaired) electrons. The number of rotatable bonds is 2. The molecule has 0 spiro atoms. The molecule has 13 heavy (non-hydrogen) atoms. The van der Waals surface area contributed by atoms with Gasteiger partial charge in [-0.05, 0) is 25.0 Å². The second-order valence-corrected chi connectivity index (χ2v) is 4.37. The summed E-state index contributed by atoms with van der Waals surface area (Å²) in [5.74, 6) is 1.01. The van der Waals surface area contributed by atoms with E-state index >= 15 is 0 Å². The third-order valence-corrected chi connectivity index (χ3v) is 2.17. The monoisotopic (exact) mass is 178 g/mol. The van der Waals surface area contributed by atoms with Gasteiger partial charge >= 0.3 is 0 Å². The van der Waals surface area contributed by atoms with E-state index in [4.69, 9.17) is 4.74 Å². The molecule has 72 valence electrons. The van der Waals surface area contributed by atoms with E-state index in [-0.39, 0.29) is 5.41 Å². The Balaban J connectivity index is 2.76. The van der Waals surface area contributed by atoms with Crippen molar-refractivity contribution < 1.29 is 4.74 Å². The fourth-order valence-electron chi connectivity index (χ4n) is 1.60. The van der Waals surface area contributed by atoms with Crippen LogP contribution in [0.25, 0.3) is 0 Å². The Labute approximate surface area is 80.8 Å². The quantitative estimate of drug-likeness (QED) is 0.588. The number of allylic oxidation sites excluding steroid dienone is 4. The highest BCUT2D eigenvalue weighted by Crippen LogP contribution is 2.33. The Morgan fingerprint density at radius 2 is 2.15 bits per heavy atom. The lowest BCUT2D eigenvalue weighted by molar-refractivity contribution is 0.0976. The molecule has 0 amide bonds. The molecule has 0 aromatic carbocycles. The lowest BCUT2D eigenvalue weighted by atomic mass is 9.85. The van der Waals surface area contributed by atoms with Gasteiger partial charge < -0.3 is 4.74 Å². The summed E-state index contributed by atoms with van der Waals surface area (Å²) in [6.45, 7) is 11.0. The smallest absolute Gasteiger partial charge is 0.118 e. The average Bonchev–Trinajstić information content (AvgIpc) is 2.02. The normalized spacial score (nSPS) is 21.8. The molecular formula is C12H18O. The summed E-state index contributed by atoms with van der Waals surface area (Å²) in [6, 6.07) is 0. The fourth-order valence-corrected chi connectivity index (χ4v) is 1.60. The minimum Gasteiger partial charge on any atom is -0.493 e. The van der Waals surface area contributed by atoms with Crippen LogP contribution < -0.4 is 0 Å². The zero-order valence-electron chi connectivity index (χ0n) is 8.76.